The minimum Gasteiger partial charge on any atom is -0.444 e. The molecule has 1 aromatic heterocycles. The van der Waals surface area contributed by atoms with Crippen molar-refractivity contribution >= 4 is 22.6 Å². The van der Waals surface area contributed by atoms with Gasteiger partial charge < -0.3 is 15.4 Å². The van der Waals surface area contributed by atoms with Gasteiger partial charge in [0, 0.05) is 12.4 Å². The average molecular weight is 243 g/mol. The van der Waals surface area contributed by atoms with Gasteiger partial charge in [-0.15, -0.1) is 11.3 Å². The van der Waals surface area contributed by atoms with Crippen LogP contribution in [0.4, 0.5) is 9.93 Å². The highest BCUT2D eigenvalue weighted by Crippen LogP contribution is 2.14. The molecular formula is C10H17N3O2S. The summed E-state index contributed by atoms with van der Waals surface area (Å²) in [6, 6.07) is 0. The molecule has 1 rings (SSSR count). The Kier molecular flexibility index (Phi) is 3.74. The van der Waals surface area contributed by atoms with E-state index in [9.17, 15) is 4.79 Å². The predicted molar refractivity (Wildman–Crippen MR) is 64.2 cm³/mol. The highest BCUT2D eigenvalue weighted by atomic mass is 32.1. The van der Waals surface area contributed by atoms with Crippen LogP contribution in [0.1, 0.15) is 26.5 Å². The molecule has 0 unspecified atom stereocenters. The molecular weight excluding hydrogens is 226 g/mol. The Hall–Kier alpha value is -1.30. The van der Waals surface area contributed by atoms with Crippen molar-refractivity contribution in [2.75, 3.05) is 12.8 Å². The lowest BCUT2D eigenvalue weighted by Crippen LogP contribution is -2.33. The molecule has 0 saturated carbocycles. The molecule has 2 N–H and O–H groups in total. The van der Waals surface area contributed by atoms with Gasteiger partial charge in [-0.25, -0.2) is 9.78 Å². The van der Waals surface area contributed by atoms with Crippen LogP contribution in [0, 0.1) is 0 Å². The van der Waals surface area contributed by atoms with Crippen molar-refractivity contribution in [2.45, 2.75) is 32.9 Å². The minimum absolute atomic E-state index is 0.362. The Morgan fingerprint density at radius 3 is 2.69 bits per heavy atom. The molecule has 0 aliphatic rings. The van der Waals surface area contributed by atoms with Crippen LogP contribution in [0.2, 0.25) is 0 Å². The van der Waals surface area contributed by atoms with Gasteiger partial charge >= 0.3 is 6.09 Å². The van der Waals surface area contributed by atoms with Crippen molar-refractivity contribution in [3.8, 4) is 0 Å². The summed E-state index contributed by atoms with van der Waals surface area (Å²) >= 11 is 1.36. The van der Waals surface area contributed by atoms with E-state index in [0.29, 0.717) is 11.7 Å². The molecule has 0 bridgehead atoms. The van der Waals surface area contributed by atoms with E-state index in [1.54, 1.807) is 7.05 Å². The third kappa shape index (κ3) is 4.06. The van der Waals surface area contributed by atoms with Gasteiger partial charge in [-0.2, -0.15) is 0 Å². The number of rotatable bonds is 2. The number of amides is 1. The minimum atomic E-state index is -0.480. The summed E-state index contributed by atoms with van der Waals surface area (Å²) in [5.74, 6) is 0. The number of hydrogen-bond acceptors (Lipinski definition) is 5. The molecule has 0 atom stereocenters. The molecule has 0 spiro atoms. The quantitative estimate of drug-likeness (QED) is 0.863. The van der Waals surface area contributed by atoms with Gasteiger partial charge in [-0.3, -0.25) is 0 Å². The number of nitrogens with two attached hydrogens (primary N) is 1. The Morgan fingerprint density at radius 1 is 1.62 bits per heavy atom. The monoisotopic (exact) mass is 243 g/mol. The number of carbonyl (C=O) groups excluding carboxylic acids is 1. The Morgan fingerprint density at radius 2 is 2.25 bits per heavy atom. The summed E-state index contributed by atoms with van der Waals surface area (Å²) in [7, 11) is 1.67. The molecule has 90 valence electrons. The van der Waals surface area contributed by atoms with Crippen LogP contribution in [0.5, 0.6) is 0 Å². The molecule has 0 radical (unpaired) electrons. The lowest BCUT2D eigenvalue weighted by Gasteiger charge is -2.24. The van der Waals surface area contributed by atoms with E-state index in [-0.39, 0.29) is 6.09 Å². The standard InChI is InChI=1S/C10H17N3O2S/c1-10(2,3)15-9(14)13(4)5-7-6-16-8(11)12-7/h6H,5H2,1-4H3,(H2,11,12). The number of aromatic nitrogens is 1. The number of carbonyl (C=O) groups is 1. The van der Waals surface area contributed by atoms with Gasteiger partial charge in [0.05, 0.1) is 12.2 Å². The van der Waals surface area contributed by atoms with Crippen molar-refractivity contribution in [3.05, 3.63) is 11.1 Å². The van der Waals surface area contributed by atoms with Crippen LogP contribution in [0.25, 0.3) is 0 Å². The molecule has 1 amide bonds. The zero-order chi connectivity index (χ0) is 12.3. The molecule has 0 aliphatic carbocycles. The zero-order valence-corrected chi connectivity index (χ0v) is 10.8. The fourth-order valence-corrected chi connectivity index (χ4v) is 1.60. The summed E-state index contributed by atoms with van der Waals surface area (Å²) in [6.45, 7) is 5.90. The summed E-state index contributed by atoms with van der Waals surface area (Å²) < 4.78 is 5.21. The fourth-order valence-electron chi connectivity index (χ4n) is 1.04. The van der Waals surface area contributed by atoms with Crippen LogP contribution < -0.4 is 5.73 Å². The molecule has 0 aliphatic heterocycles. The molecule has 0 fully saturated rings. The van der Waals surface area contributed by atoms with Crippen molar-refractivity contribution in [1.82, 2.24) is 9.88 Å². The summed E-state index contributed by atoms with van der Waals surface area (Å²) in [4.78, 5) is 17.2. The first kappa shape index (κ1) is 12.8. The summed E-state index contributed by atoms with van der Waals surface area (Å²) in [6.07, 6.45) is -0.362. The topological polar surface area (TPSA) is 68.5 Å². The van der Waals surface area contributed by atoms with Crippen LogP contribution in [0.3, 0.4) is 0 Å². The summed E-state index contributed by atoms with van der Waals surface area (Å²) in [5.41, 5.74) is 5.80. The number of nitrogen functional groups attached to an aromatic ring is 1. The maximum Gasteiger partial charge on any atom is 0.410 e. The zero-order valence-electron chi connectivity index (χ0n) is 9.98. The summed E-state index contributed by atoms with van der Waals surface area (Å²) in [5, 5.41) is 2.34. The van der Waals surface area contributed by atoms with Crippen LogP contribution in [-0.2, 0) is 11.3 Å². The lowest BCUT2D eigenvalue weighted by molar-refractivity contribution is 0.0283. The lowest BCUT2D eigenvalue weighted by atomic mass is 10.2. The molecule has 1 aromatic rings. The second kappa shape index (κ2) is 4.69. The fraction of sp³-hybridized carbons (Fsp3) is 0.600. The Bertz CT molecular complexity index is 370. The molecule has 1 heterocycles. The van der Waals surface area contributed by atoms with E-state index in [4.69, 9.17) is 10.5 Å². The second-order valence-electron chi connectivity index (χ2n) is 4.51. The van der Waals surface area contributed by atoms with Gasteiger partial charge in [-0.1, -0.05) is 0 Å². The molecule has 0 saturated heterocycles. The molecule has 6 heteroatoms. The normalized spacial score (nSPS) is 11.2. The largest absolute Gasteiger partial charge is 0.444 e. The van der Waals surface area contributed by atoms with E-state index in [1.807, 2.05) is 26.2 Å². The average Bonchev–Trinajstić information content (AvgIpc) is 2.48. The first-order chi connectivity index (χ1) is 7.28. The number of hydrogen-bond donors (Lipinski definition) is 1. The van der Waals surface area contributed by atoms with E-state index >= 15 is 0 Å². The maximum absolute atomic E-state index is 11.6. The first-order valence-electron chi connectivity index (χ1n) is 4.92. The third-order valence-corrected chi connectivity index (χ3v) is 2.40. The smallest absolute Gasteiger partial charge is 0.410 e. The van der Waals surface area contributed by atoms with Gasteiger partial charge in [0.25, 0.3) is 0 Å². The SMILES string of the molecule is CN(Cc1csc(N)n1)C(=O)OC(C)(C)C. The second-order valence-corrected chi connectivity index (χ2v) is 5.40. The van der Waals surface area contributed by atoms with Gasteiger partial charge in [-0.05, 0) is 20.8 Å². The molecule has 0 aromatic carbocycles. The number of thiazole rings is 1. The maximum atomic E-state index is 11.6. The highest BCUT2D eigenvalue weighted by molar-refractivity contribution is 7.13. The van der Waals surface area contributed by atoms with Crippen LogP contribution >= 0.6 is 11.3 Å². The predicted octanol–water partition coefficient (Wildman–Crippen LogP) is 2.09. The van der Waals surface area contributed by atoms with Crippen LogP contribution in [0.15, 0.2) is 5.38 Å². The van der Waals surface area contributed by atoms with Crippen molar-refractivity contribution in [1.29, 1.82) is 0 Å². The van der Waals surface area contributed by atoms with E-state index < -0.39 is 5.60 Å². The van der Waals surface area contributed by atoms with E-state index in [2.05, 4.69) is 4.98 Å². The van der Waals surface area contributed by atoms with E-state index in [1.165, 1.54) is 16.2 Å². The van der Waals surface area contributed by atoms with Gasteiger partial charge in [0.15, 0.2) is 5.13 Å². The van der Waals surface area contributed by atoms with Crippen molar-refractivity contribution < 1.29 is 9.53 Å². The van der Waals surface area contributed by atoms with E-state index in [0.717, 1.165) is 5.69 Å². The Balaban J connectivity index is 2.52. The number of anilines is 1. The highest BCUT2D eigenvalue weighted by Gasteiger charge is 2.20. The van der Waals surface area contributed by atoms with Crippen molar-refractivity contribution in [3.63, 3.8) is 0 Å². The third-order valence-electron chi connectivity index (χ3n) is 1.67. The molecule has 16 heavy (non-hydrogen) atoms. The van der Waals surface area contributed by atoms with Crippen molar-refractivity contribution in [2.24, 2.45) is 0 Å². The van der Waals surface area contributed by atoms with Gasteiger partial charge in [0.2, 0.25) is 0 Å². The number of ether oxygens (including phenoxy) is 1. The molecule has 5 nitrogen and oxygen atoms in total. The Labute approximate surface area is 99.2 Å². The van der Waals surface area contributed by atoms with Gasteiger partial charge in [0.1, 0.15) is 5.60 Å². The first-order valence-corrected chi connectivity index (χ1v) is 5.80. The van der Waals surface area contributed by atoms with Crippen LogP contribution in [-0.4, -0.2) is 28.6 Å². The number of nitrogens with zero attached hydrogens (tertiary/aromatic N) is 2.